The van der Waals surface area contributed by atoms with Gasteiger partial charge in [0.25, 0.3) is 0 Å². The van der Waals surface area contributed by atoms with Gasteiger partial charge in [-0.2, -0.15) is 0 Å². The molecule has 1 fully saturated rings. The fraction of sp³-hybridized carbons (Fsp3) is 0.250. The van der Waals surface area contributed by atoms with Gasteiger partial charge >= 0.3 is 6.03 Å². The highest BCUT2D eigenvalue weighted by molar-refractivity contribution is 6.30. The lowest BCUT2D eigenvalue weighted by Crippen LogP contribution is -2.31. The lowest BCUT2D eigenvalue weighted by molar-refractivity contribution is 0.220. The number of urea groups is 1. The number of halogens is 1. The highest BCUT2D eigenvalue weighted by Gasteiger charge is 2.23. The number of nitrogens with one attached hydrogen (secondary N) is 2. The normalized spacial score (nSPS) is 13.2. The van der Waals surface area contributed by atoms with Gasteiger partial charge in [-0.3, -0.25) is 5.32 Å². The molecule has 2 N–H and O–H groups in total. The topological polar surface area (TPSA) is 87.5 Å². The molecule has 1 aliphatic carbocycles. The van der Waals surface area contributed by atoms with E-state index >= 15 is 0 Å². The molecule has 1 aromatic carbocycles. The standard InChI is InChI=1S/C24H24ClN7O/c1-31(12-16-3-2-4-19(25)9-16)24(33)30-22-10-21(27-15-28-22)26-11-20-14-32-13-18(17-5-6-17)7-8-23(32)29-20/h2-4,7-10,13-15,17H,5-6,11-12H2,1H3,(H2,26,27,28,30,33). The number of hydrogen-bond donors (Lipinski definition) is 2. The molecule has 1 saturated carbocycles. The second kappa shape index (κ2) is 9.07. The Morgan fingerprint density at radius 1 is 1.15 bits per heavy atom. The van der Waals surface area contributed by atoms with Crippen LogP contribution in [0.3, 0.4) is 0 Å². The molecule has 9 heteroatoms. The first kappa shape index (κ1) is 21.2. The van der Waals surface area contributed by atoms with Crippen molar-refractivity contribution in [2.45, 2.75) is 31.8 Å². The zero-order valence-corrected chi connectivity index (χ0v) is 19.0. The Kier molecular flexibility index (Phi) is 5.83. The van der Waals surface area contributed by atoms with Gasteiger partial charge in [-0.25, -0.2) is 19.7 Å². The maximum atomic E-state index is 12.6. The van der Waals surface area contributed by atoms with Crippen LogP contribution in [0.1, 0.15) is 35.6 Å². The molecule has 33 heavy (non-hydrogen) atoms. The van der Waals surface area contributed by atoms with Crippen molar-refractivity contribution >= 4 is 34.9 Å². The Morgan fingerprint density at radius 2 is 2.00 bits per heavy atom. The van der Waals surface area contributed by atoms with E-state index in [4.69, 9.17) is 11.6 Å². The summed E-state index contributed by atoms with van der Waals surface area (Å²) in [6, 6.07) is 13.1. The zero-order chi connectivity index (χ0) is 22.8. The number of hydrogen-bond acceptors (Lipinski definition) is 5. The largest absolute Gasteiger partial charge is 0.364 e. The second-order valence-electron chi connectivity index (χ2n) is 8.29. The van der Waals surface area contributed by atoms with E-state index in [9.17, 15) is 4.79 Å². The average Bonchev–Trinajstić information content (AvgIpc) is 3.57. The van der Waals surface area contributed by atoms with Gasteiger partial charge in [0.05, 0.1) is 12.2 Å². The van der Waals surface area contributed by atoms with Crippen LogP contribution < -0.4 is 10.6 Å². The van der Waals surface area contributed by atoms with Crippen molar-refractivity contribution in [1.82, 2.24) is 24.3 Å². The van der Waals surface area contributed by atoms with Crippen LogP contribution in [-0.2, 0) is 13.1 Å². The summed E-state index contributed by atoms with van der Waals surface area (Å²) in [5.41, 5.74) is 4.15. The van der Waals surface area contributed by atoms with Crippen LogP contribution in [0.25, 0.3) is 5.65 Å². The van der Waals surface area contributed by atoms with Crippen LogP contribution in [0.15, 0.2) is 61.2 Å². The van der Waals surface area contributed by atoms with E-state index in [1.807, 2.05) is 24.4 Å². The van der Waals surface area contributed by atoms with Crippen LogP contribution in [0.2, 0.25) is 5.02 Å². The lowest BCUT2D eigenvalue weighted by Gasteiger charge is -2.18. The van der Waals surface area contributed by atoms with Crippen molar-refractivity contribution in [3.63, 3.8) is 0 Å². The van der Waals surface area contributed by atoms with E-state index in [1.165, 1.54) is 24.7 Å². The molecule has 0 bridgehead atoms. The van der Waals surface area contributed by atoms with Crippen molar-refractivity contribution in [2.24, 2.45) is 0 Å². The van der Waals surface area contributed by atoms with Crippen LogP contribution in [-0.4, -0.2) is 37.3 Å². The monoisotopic (exact) mass is 461 g/mol. The second-order valence-corrected chi connectivity index (χ2v) is 8.73. The van der Waals surface area contributed by atoms with Crippen molar-refractivity contribution in [3.05, 3.63) is 83.0 Å². The third kappa shape index (κ3) is 5.23. The minimum Gasteiger partial charge on any atom is -0.364 e. The molecule has 0 atom stereocenters. The predicted octanol–water partition coefficient (Wildman–Crippen LogP) is 4.93. The minimum absolute atomic E-state index is 0.272. The molecule has 0 unspecified atom stereocenters. The van der Waals surface area contributed by atoms with Crippen LogP contribution in [0, 0.1) is 0 Å². The Hall–Kier alpha value is -3.65. The van der Waals surface area contributed by atoms with E-state index in [2.05, 4.69) is 48.3 Å². The maximum Gasteiger partial charge on any atom is 0.323 e. The molecule has 8 nitrogen and oxygen atoms in total. The molecule has 3 heterocycles. The Morgan fingerprint density at radius 3 is 2.82 bits per heavy atom. The zero-order valence-electron chi connectivity index (χ0n) is 18.2. The molecular formula is C24H24ClN7O. The first-order valence-corrected chi connectivity index (χ1v) is 11.2. The van der Waals surface area contributed by atoms with Gasteiger partial charge in [0, 0.05) is 37.1 Å². The maximum absolute atomic E-state index is 12.6. The van der Waals surface area contributed by atoms with E-state index in [1.54, 1.807) is 24.1 Å². The summed E-state index contributed by atoms with van der Waals surface area (Å²) < 4.78 is 2.08. The Bertz CT molecular complexity index is 1300. The van der Waals surface area contributed by atoms with Crippen molar-refractivity contribution in [2.75, 3.05) is 17.7 Å². The molecule has 0 saturated heterocycles. The van der Waals surface area contributed by atoms with Gasteiger partial charge < -0.3 is 14.6 Å². The summed E-state index contributed by atoms with van der Waals surface area (Å²) in [6.07, 6.45) is 8.17. The fourth-order valence-electron chi connectivity index (χ4n) is 3.69. The smallest absolute Gasteiger partial charge is 0.323 e. The number of pyridine rings is 1. The number of benzene rings is 1. The van der Waals surface area contributed by atoms with E-state index in [0.29, 0.717) is 35.7 Å². The molecule has 0 spiro atoms. The quantitative estimate of drug-likeness (QED) is 0.407. The van der Waals surface area contributed by atoms with Gasteiger partial charge in [-0.05, 0) is 48.1 Å². The average molecular weight is 462 g/mol. The molecule has 0 aliphatic heterocycles. The number of rotatable bonds is 7. The third-order valence-corrected chi connectivity index (χ3v) is 5.82. The van der Waals surface area contributed by atoms with Crippen molar-refractivity contribution in [1.29, 1.82) is 0 Å². The number of nitrogens with zero attached hydrogens (tertiary/aromatic N) is 5. The van der Waals surface area contributed by atoms with Gasteiger partial charge in [0.15, 0.2) is 0 Å². The first-order valence-electron chi connectivity index (χ1n) is 10.8. The Balaban J connectivity index is 1.19. The van der Waals surface area contributed by atoms with Crippen LogP contribution in [0.5, 0.6) is 0 Å². The van der Waals surface area contributed by atoms with E-state index in [-0.39, 0.29) is 6.03 Å². The third-order valence-electron chi connectivity index (χ3n) is 5.58. The molecule has 0 radical (unpaired) electrons. The summed E-state index contributed by atoms with van der Waals surface area (Å²) in [4.78, 5) is 27.2. The number of anilines is 2. The lowest BCUT2D eigenvalue weighted by atomic mass is 10.2. The number of fused-ring (bicyclic) bond motifs is 1. The van der Waals surface area contributed by atoms with Gasteiger partial charge in [-0.1, -0.05) is 29.8 Å². The van der Waals surface area contributed by atoms with Crippen molar-refractivity contribution in [3.8, 4) is 0 Å². The predicted molar refractivity (Wildman–Crippen MR) is 128 cm³/mol. The Labute approximate surface area is 196 Å². The molecule has 3 aromatic heterocycles. The fourth-order valence-corrected chi connectivity index (χ4v) is 3.91. The molecule has 168 valence electrons. The van der Waals surface area contributed by atoms with E-state index < -0.39 is 0 Å². The van der Waals surface area contributed by atoms with Crippen molar-refractivity contribution < 1.29 is 4.79 Å². The van der Waals surface area contributed by atoms with Gasteiger partial charge in [-0.15, -0.1) is 0 Å². The summed E-state index contributed by atoms with van der Waals surface area (Å²) in [7, 11) is 1.72. The van der Waals surface area contributed by atoms with Gasteiger partial charge in [0.1, 0.15) is 23.6 Å². The molecular weight excluding hydrogens is 438 g/mol. The summed E-state index contributed by atoms with van der Waals surface area (Å²) in [5, 5.41) is 6.70. The number of carbonyl (C=O) groups excluding carboxylic acids is 1. The molecule has 2 amide bonds. The number of imidazole rings is 1. The van der Waals surface area contributed by atoms with E-state index in [0.717, 1.165) is 16.9 Å². The summed E-state index contributed by atoms with van der Waals surface area (Å²) in [5.74, 6) is 1.73. The minimum atomic E-state index is -0.272. The van der Waals surface area contributed by atoms with Crippen LogP contribution in [0.4, 0.5) is 16.4 Å². The summed E-state index contributed by atoms with van der Waals surface area (Å²) >= 11 is 6.03. The van der Waals surface area contributed by atoms with Gasteiger partial charge in [0.2, 0.25) is 0 Å². The SMILES string of the molecule is CN(Cc1cccc(Cl)c1)C(=O)Nc1cc(NCc2cn3cc(C4CC4)ccc3n2)ncn1. The molecule has 4 aromatic rings. The highest BCUT2D eigenvalue weighted by atomic mass is 35.5. The number of aromatic nitrogens is 4. The van der Waals surface area contributed by atoms with Crippen LogP contribution >= 0.6 is 11.6 Å². The number of amides is 2. The molecule has 5 rings (SSSR count). The number of carbonyl (C=O) groups is 1. The summed E-state index contributed by atoms with van der Waals surface area (Å²) in [6.45, 7) is 0.943. The highest BCUT2D eigenvalue weighted by Crippen LogP contribution is 2.39. The molecule has 1 aliphatic rings. The first-order chi connectivity index (χ1) is 16.0.